The first kappa shape index (κ1) is 13.5. The van der Waals surface area contributed by atoms with Gasteiger partial charge in [0.25, 0.3) is 0 Å². The van der Waals surface area contributed by atoms with Crippen LogP contribution >= 0.6 is 0 Å². The molecule has 1 aromatic carbocycles. The van der Waals surface area contributed by atoms with Crippen LogP contribution in [0.5, 0.6) is 0 Å². The Kier molecular flexibility index (Phi) is 4.12. The van der Waals surface area contributed by atoms with Crippen molar-refractivity contribution in [1.29, 1.82) is 0 Å². The van der Waals surface area contributed by atoms with Gasteiger partial charge in [-0.15, -0.1) is 0 Å². The summed E-state index contributed by atoms with van der Waals surface area (Å²) >= 11 is 0. The summed E-state index contributed by atoms with van der Waals surface area (Å²) in [5.74, 6) is 0.637. The highest BCUT2D eigenvalue weighted by molar-refractivity contribution is 5.91. The fraction of sp³-hybridized carbons (Fsp3) is 0.333. The molecule has 0 saturated heterocycles. The van der Waals surface area contributed by atoms with Crippen LogP contribution in [0.15, 0.2) is 30.3 Å². The molecule has 2 aromatic rings. The van der Waals surface area contributed by atoms with E-state index >= 15 is 0 Å². The lowest BCUT2D eigenvalue weighted by Gasteiger charge is -2.28. The van der Waals surface area contributed by atoms with Crippen molar-refractivity contribution < 1.29 is 9.90 Å². The van der Waals surface area contributed by atoms with Gasteiger partial charge in [-0.05, 0) is 26.0 Å². The van der Waals surface area contributed by atoms with Gasteiger partial charge in [0.15, 0.2) is 6.29 Å². The number of aliphatic hydroxyl groups excluding tert-OH is 1. The molecule has 0 aliphatic rings. The summed E-state index contributed by atoms with van der Waals surface area (Å²) in [5, 5.41) is 10.1. The highest BCUT2D eigenvalue weighted by Crippen LogP contribution is 2.23. The predicted octanol–water partition coefficient (Wildman–Crippen LogP) is 2.25. The molecule has 0 atom stereocenters. The zero-order valence-corrected chi connectivity index (χ0v) is 11.2. The van der Waals surface area contributed by atoms with Crippen LogP contribution in [0.25, 0.3) is 10.9 Å². The molecule has 4 heteroatoms. The summed E-state index contributed by atoms with van der Waals surface area (Å²) in [7, 11) is 0. The number of hydrogen-bond acceptors (Lipinski definition) is 4. The number of hydrogen-bond donors (Lipinski definition) is 1. The normalized spacial score (nSPS) is 10.9. The summed E-state index contributed by atoms with van der Waals surface area (Å²) < 4.78 is 0. The van der Waals surface area contributed by atoms with Crippen LogP contribution in [0.1, 0.15) is 24.2 Å². The maximum absolute atomic E-state index is 11.3. The van der Waals surface area contributed by atoms with E-state index in [4.69, 9.17) is 5.11 Å². The smallest absolute Gasteiger partial charge is 0.153 e. The third-order valence-electron chi connectivity index (χ3n) is 3.10. The SMILES string of the molecule is CC(C)N(CCO)c1nc2ccccc2cc1C=O. The second kappa shape index (κ2) is 5.80. The van der Waals surface area contributed by atoms with E-state index in [1.54, 1.807) is 0 Å². The molecule has 0 radical (unpaired) electrons. The van der Waals surface area contributed by atoms with E-state index in [1.807, 2.05) is 49.1 Å². The second-order valence-electron chi connectivity index (χ2n) is 4.72. The van der Waals surface area contributed by atoms with Gasteiger partial charge in [-0.2, -0.15) is 0 Å². The molecular formula is C15H18N2O2. The lowest BCUT2D eigenvalue weighted by atomic mass is 10.1. The van der Waals surface area contributed by atoms with Gasteiger partial charge >= 0.3 is 0 Å². The summed E-state index contributed by atoms with van der Waals surface area (Å²) in [4.78, 5) is 17.8. The molecule has 4 nitrogen and oxygen atoms in total. The topological polar surface area (TPSA) is 53.4 Å². The maximum atomic E-state index is 11.3. The van der Waals surface area contributed by atoms with E-state index in [9.17, 15) is 4.79 Å². The minimum atomic E-state index is 0.0327. The molecule has 0 aliphatic carbocycles. The highest BCUT2D eigenvalue weighted by atomic mass is 16.3. The Balaban J connectivity index is 2.59. The number of anilines is 1. The van der Waals surface area contributed by atoms with Gasteiger partial charge in [0.1, 0.15) is 5.82 Å². The van der Waals surface area contributed by atoms with E-state index in [2.05, 4.69) is 4.98 Å². The number of rotatable bonds is 5. The van der Waals surface area contributed by atoms with E-state index in [1.165, 1.54) is 0 Å². The first-order valence-corrected chi connectivity index (χ1v) is 6.40. The first-order chi connectivity index (χ1) is 9.17. The molecule has 1 N–H and O–H groups in total. The number of para-hydroxylation sites is 1. The lowest BCUT2D eigenvalue weighted by molar-refractivity contribution is 0.112. The average Bonchev–Trinajstić information content (AvgIpc) is 2.43. The molecule has 0 saturated carbocycles. The molecule has 0 amide bonds. The maximum Gasteiger partial charge on any atom is 0.153 e. The van der Waals surface area contributed by atoms with Gasteiger partial charge in [-0.25, -0.2) is 4.98 Å². The zero-order valence-electron chi connectivity index (χ0n) is 11.2. The van der Waals surface area contributed by atoms with Crippen molar-refractivity contribution in [2.75, 3.05) is 18.1 Å². The van der Waals surface area contributed by atoms with Crippen LogP contribution in [-0.2, 0) is 0 Å². The zero-order chi connectivity index (χ0) is 13.8. The van der Waals surface area contributed by atoms with E-state index in [-0.39, 0.29) is 12.6 Å². The number of aliphatic hydroxyl groups is 1. The van der Waals surface area contributed by atoms with Crippen LogP contribution < -0.4 is 4.90 Å². The molecule has 1 heterocycles. The number of carbonyl (C=O) groups excluding carboxylic acids is 1. The minimum absolute atomic E-state index is 0.0327. The van der Waals surface area contributed by atoms with Gasteiger partial charge in [0, 0.05) is 18.0 Å². The van der Waals surface area contributed by atoms with Crippen LogP contribution in [-0.4, -0.2) is 35.6 Å². The number of pyridine rings is 1. The van der Waals surface area contributed by atoms with Crippen molar-refractivity contribution >= 4 is 23.0 Å². The van der Waals surface area contributed by atoms with Crippen molar-refractivity contribution in [2.45, 2.75) is 19.9 Å². The number of aldehydes is 1. The standard InChI is InChI=1S/C15H18N2O2/c1-11(2)17(7-8-18)15-13(10-19)9-12-5-3-4-6-14(12)16-15/h3-6,9-11,18H,7-8H2,1-2H3. The van der Waals surface area contributed by atoms with E-state index in [0.29, 0.717) is 17.9 Å². The van der Waals surface area contributed by atoms with E-state index < -0.39 is 0 Å². The highest BCUT2D eigenvalue weighted by Gasteiger charge is 2.16. The summed E-state index contributed by atoms with van der Waals surface area (Å²) in [6, 6.07) is 9.71. The Hall–Kier alpha value is -1.94. The molecule has 19 heavy (non-hydrogen) atoms. The molecular weight excluding hydrogens is 240 g/mol. The fourth-order valence-corrected chi connectivity index (χ4v) is 2.16. The first-order valence-electron chi connectivity index (χ1n) is 6.40. The van der Waals surface area contributed by atoms with Crippen LogP contribution in [0.3, 0.4) is 0 Å². The number of fused-ring (bicyclic) bond motifs is 1. The largest absolute Gasteiger partial charge is 0.395 e. The predicted molar refractivity (Wildman–Crippen MR) is 76.7 cm³/mol. The number of carbonyl (C=O) groups is 1. The number of aromatic nitrogens is 1. The van der Waals surface area contributed by atoms with Crippen LogP contribution in [0.4, 0.5) is 5.82 Å². The van der Waals surface area contributed by atoms with Crippen molar-refractivity contribution in [1.82, 2.24) is 4.98 Å². The number of benzene rings is 1. The third-order valence-corrected chi connectivity index (χ3v) is 3.10. The third kappa shape index (κ3) is 2.74. The molecule has 0 spiro atoms. The quantitative estimate of drug-likeness (QED) is 0.836. The second-order valence-corrected chi connectivity index (χ2v) is 4.72. The van der Waals surface area contributed by atoms with Crippen molar-refractivity contribution in [3.05, 3.63) is 35.9 Å². The summed E-state index contributed by atoms with van der Waals surface area (Å²) in [5.41, 5.74) is 1.41. The Bertz CT molecular complexity index is 581. The molecule has 0 aliphatic heterocycles. The van der Waals surface area contributed by atoms with Crippen molar-refractivity contribution in [3.8, 4) is 0 Å². The molecule has 2 rings (SSSR count). The average molecular weight is 258 g/mol. The van der Waals surface area contributed by atoms with Gasteiger partial charge in [-0.3, -0.25) is 4.79 Å². The van der Waals surface area contributed by atoms with Crippen molar-refractivity contribution in [3.63, 3.8) is 0 Å². The fourth-order valence-electron chi connectivity index (χ4n) is 2.16. The molecule has 0 bridgehead atoms. The molecule has 100 valence electrons. The molecule has 0 unspecified atom stereocenters. The van der Waals surface area contributed by atoms with Gasteiger partial charge in [-0.1, -0.05) is 18.2 Å². The van der Waals surface area contributed by atoms with Crippen LogP contribution in [0.2, 0.25) is 0 Å². The summed E-state index contributed by atoms with van der Waals surface area (Å²) in [6.07, 6.45) is 0.821. The van der Waals surface area contributed by atoms with Gasteiger partial charge in [0.2, 0.25) is 0 Å². The number of nitrogens with zero attached hydrogens (tertiary/aromatic N) is 2. The van der Waals surface area contributed by atoms with Gasteiger partial charge < -0.3 is 10.0 Å². The minimum Gasteiger partial charge on any atom is -0.395 e. The van der Waals surface area contributed by atoms with Crippen LogP contribution in [0, 0.1) is 0 Å². The molecule has 0 fully saturated rings. The van der Waals surface area contributed by atoms with Gasteiger partial charge in [0.05, 0.1) is 17.7 Å². The Morgan fingerprint density at radius 2 is 2.11 bits per heavy atom. The Morgan fingerprint density at radius 1 is 1.37 bits per heavy atom. The summed E-state index contributed by atoms with van der Waals surface area (Å²) in [6.45, 7) is 4.52. The lowest BCUT2D eigenvalue weighted by Crippen LogP contribution is -2.35. The van der Waals surface area contributed by atoms with E-state index in [0.717, 1.165) is 17.2 Å². The van der Waals surface area contributed by atoms with Crippen molar-refractivity contribution in [2.24, 2.45) is 0 Å². The monoisotopic (exact) mass is 258 g/mol. The molecule has 1 aromatic heterocycles. The Morgan fingerprint density at radius 3 is 2.74 bits per heavy atom. The Labute approximate surface area is 112 Å².